The standard InChI is InChI=1S/C17H20N3O3PS/c1-10(16(21)20-9-24)8-13-6-7-14(25-13)17(22)23-12-4-2-11(3-5-12)15(18)19/h2-7,10H,8-9,24H2,1H3,(H3,18,19)(H,20,21). The maximum Gasteiger partial charge on any atom is 0.353 e. The topological polar surface area (TPSA) is 105 Å². The third-order valence-electron chi connectivity index (χ3n) is 3.47. The van der Waals surface area contributed by atoms with Gasteiger partial charge in [-0.25, -0.2) is 4.79 Å². The quantitative estimate of drug-likeness (QED) is 0.226. The molecule has 1 heterocycles. The second-order valence-electron chi connectivity index (χ2n) is 5.44. The van der Waals surface area contributed by atoms with Gasteiger partial charge in [0.25, 0.3) is 0 Å². The average molecular weight is 377 g/mol. The summed E-state index contributed by atoms with van der Waals surface area (Å²) in [4.78, 5) is 25.4. The normalized spacial score (nSPS) is 11.6. The van der Waals surface area contributed by atoms with Crippen molar-refractivity contribution in [2.45, 2.75) is 13.3 Å². The fraction of sp³-hybridized carbons (Fsp3) is 0.235. The Morgan fingerprint density at radius 2 is 1.96 bits per heavy atom. The molecule has 0 fully saturated rings. The minimum Gasteiger partial charge on any atom is -0.422 e. The van der Waals surface area contributed by atoms with Crippen LogP contribution < -0.4 is 15.8 Å². The Balaban J connectivity index is 1.97. The molecule has 8 heteroatoms. The fourth-order valence-corrected chi connectivity index (χ4v) is 3.34. The first-order chi connectivity index (χ1) is 11.9. The summed E-state index contributed by atoms with van der Waals surface area (Å²) in [5, 5.41) is 10.1. The van der Waals surface area contributed by atoms with E-state index >= 15 is 0 Å². The van der Waals surface area contributed by atoms with E-state index in [1.165, 1.54) is 11.3 Å². The number of nitrogens with one attached hydrogen (secondary N) is 2. The number of amides is 1. The SMILES string of the molecule is CC(Cc1ccc(C(=O)Oc2ccc(C(=N)N)cc2)s1)C(=O)NCP. The van der Waals surface area contributed by atoms with Crippen molar-refractivity contribution in [2.24, 2.45) is 11.7 Å². The first-order valence-electron chi connectivity index (χ1n) is 7.64. The van der Waals surface area contributed by atoms with Crippen LogP contribution in [0.4, 0.5) is 0 Å². The molecule has 1 amide bonds. The molecule has 0 saturated carbocycles. The molecule has 2 unspecified atom stereocenters. The number of carbonyl (C=O) groups is 2. The Morgan fingerprint density at radius 3 is 2.56 bits per heavy atom. The van der Waals surface area contributed by atoms with Crippen molar-refractivity contribution >= 4 is 38.3 Å². The first kappa shape index (κ1) is 19.1. The molecule has 25 heavy (non-hydrogen) atoms. The Bertz CT molecular complexity index is 774. The number of hydrogen-bond acceptors (Lipinski definition) is 5. The second-order valence-corrected chi connectivity index (χ2v) is 7.02. The number of nitrogens with two attached hydrogens (primary N) is 1. The minimum absolute atomic E-state index is 0.0157. The van der Waals surface area contributed by atoms with E-state index in [1.807, 2.05) is 13.0 Å². The molecule has 2 aromatic rings. The molecule has 1 aromatic heterocycles. The molecule has 2 atom stereocenters. The lowest BCUT2D eigenvalue weighted by Gasteiger charge is -2.09. The van der Waals surface area contributed by atoms with Crippen molar-refractivity contribution in [3.63, 3.8) is 0 Å². The summed E-state index contributed by atoms with van der Waals surface area (Å²) in [5.41, 5.74) is 5.95. The number of ether oxygens (including phenoxy) is 1. The molecular formula is C17H20N3O3PS. The largest absolute Gasteiger partial charge is 0.422 e. The number of benzene rings is 1. The van der Waals surface area contributed by atoms with Gasteiger partial charge in [-0.2, -0.15) is 0 Å². The van der Waals surface area contributed by atoms with Crippen molar-refractivity contribution in [3.05, 3.63) is 51.7 Å². The zero-order valence-electron chi connectivity index (χ0n) is 13.7. The van der Waals surface area contributed by atoms with Crippen molar-refractivity contribution in [1.29, 1.82) is 5.41 Å². The Labute approximate surface area is 152 Å². The van der Waals surface area contributed by atoms with Crippen LogP contribution in [-0.4, -0.2) is 24.0 Å². The predicted octanol–water partition coefficient (Wildman–Crippen LogP) is 2.38. The first-order valence-corrected chi connectivity index (χ1v) is 9.27. The van der Waals surface area contributed by atoms with Crippen LogP contribution in [0.2, 0.25) is 0 Å². The van der Waals surface area contributed by atoms with E-state index in [2.05, 4.69) is 14.6 Å². The number of nitrogen functional groups attached to an aromatic ring is 1. The van der Waals surface area contributed by atoms with Crippen molar-refractivity contribution < 1.29 is 14.3 Å². The summed E-state index contributed by atoms with van der Waals surface area (Å²) in [7, 11) is 2.45. The van der Waals surface area contributed by atoms with E-state index in [0.717, 1.165) is 4.88 Å². The maximum atomic E-state index is 12.2. The monoisotopic (exact) mass is 377 g/mol. The maximum absolute atomic E-state index is 12.2. The van der Waals surface area contributed by atoms with E-state index in [9.17, 15) is 9.59 Å². The molecule has 0 aliphatic heterocycles. The van der Waals surface area contributed by atoms with E-state index < -0.39 is 5.97 Å². The predicted molar refractivity (Wildman–Crippen MR) is 102 cm³/mol. The third-order valence-corrected chi connectivity index (χ3v) is 4.76. The summed E-state index contributed by atoms with van der Waals surface area (Å²) >= 11 is 1.32. The number of rotatable bonds is 7. The van der Waals surface area contributed by atoms with Gasteiger partial charge in [0.05, 0.1) is 0 Å². The number of thiophene rings is 1. The number of amidine groups is 1. The molecule has 6 nitrogen and oxygen atoms in total. The lowest BCUT2D eigenvalue weighted by molar-refractivity contribution is -0.124. The lowest BCUT2D eigenvalue weighted by Crippen LogP contribution is -2.28. The molecule has 0 radical (unpaired) electrons. The van der Waals surface area contributed by atoms with E-state index in [-0.39, 0.29) is 17.7 Å². The zero-order valence-corrected chi connectivity index (χ0v) is 15.7. The molecule has 0 spiro atoms. The van der Waals surface area contributed by atoms with Crippen LogP contribution in [0.3, 0.4) is 0 Å². The molecule has 132 valence electrons. The van der Waals surface area contributed by atoms with Gasteiger partial charge in [-0.05, 0) is 42.8 Å². The van der Waals surface area contributed by atoms with E-state index in [4.69, 9.17) is 15.9 Å². The van der Waals surface area contributed by atoms with E-state index in [0.29, 0.717) is 28.9 Å². The van der Waals surface area contributed by atoms with Crippen molar-refractivity contribution in [3.8, 4) is 5.75 Å². The molecule has 0 aliphatic carbocycles. The molecule has 4 N–H and O–H groups in total. The molecule has 2 rings (SSSR count). The van der Waals surface area contributed by atoms with Gasteiger partial charge in [-0.1, -0.05) is 6.92 Å². The summed E-state index contributed by atoms with van der Waals surface area (Å²) in [5.74, 6) is -0.284. The van der Waals surface area contributed by atoms with Gasteiger partial charge in [0, 0.05) is 22.6 Å². The summed E-state index contributed by atoms with van der Waals surface area (Å²) in [6.45, 7) is 1.85. The fourth-order valence-electron chi connectivity index (χ4n) is 2.13. The zero-order chi connectivity index (χ0) is 18.4. The van der Waals surface area contributed by atoms with Crippen LogP contribution in [0, 0.1) is 11.3 Å². The van der Waals surface area contributed by atoms with Crippen LogP contribution >= 0.6 is 20.6 Å². The van der Waals surface area contributed by atoms with Crippen LogP contribution in [0.1, 0.15) is 27.0 Å². The second kappa shape index (κ2) is 8.74. The smallest absolute Gasteiger partial charge is 0.353 e. The highest BCUT2D eigenvalue weighted by Gasteiger charge is 2.16. The van der Waals surface area contributed by atoms with Crippen LogP contribution in [-0.2, 0) is 11.2 Å². The Morgan fingerprint density at radius 1 is 1.28 bits per heavy atom. The number of esters is 1. The molecule has 1 aromatic carbocycles. The minimum atomic E-state index is -0.450. The summed E-state index contributed by atoms with van der Waals surface area (Å²) < 4.78 is 5.32. The summed E-state index contributed by atoms with van der Waals surface area (Å²) in [6, 6.07) is 9.97. The van der Waals surface area contributed by atoms with Gasteiger partial charge in [0.15, 0.2) is 0 Å². The van der Waals surface area contributed by atoms with Gasteiger partial charge in [-0.3, -0.25) is 10.2 Å². The highest BCUT2D eigenvalue weighted by molar-refractivity contribution is 7.16. The number of carbonyl (C=O) groups excluding carboxylic acids is 2. The van der Waals surface area contributed by atoms with Crippen LogP contribution in [0.25, 0.3) is 0 Å². The van der Waals surface area contributed by atoms with Gasteiger partial charge < -0.3 is 15.8 Å². The van der Waals surface area contributed by atoms with E-state index in [1.54, 1.807) is 30.3 Å². The van der Waals surface area contributed by atoms with Gasteiger partial charge in [-0.15, -0.1) is 20.6 Å². The van der Waals surface area contributed by atoms with Crippen molar-refractivity contribution in [1.82, 2.24) is 5.32 Å². The molecule has 0 bridgehead atoms. The Kier molecular flexibility index (Phi) is 6.67. The van der Waals surface area contributed by atoms with Gasteiger partial charge in [0.2, 0.25) is 5.91 Å². The Hall–Kier alpha value is -2.24. The average Bonchev–Trinajstić information content (AvgIpc) is 3.04. The highest BCUT2D eigenvalue weighted by atomic mass is 32.1. The molecule has 0 saturated heterocycles. The molecule has 0 aliphatic rings. The van der Waals surface area contributed by atoms with Crippen molar-refractivity contribution in [2.75, 3.05) is 6.29 Å². The van der Waals surface area contributed by atoms with Crippen LogP contribution in [0.5, 0.6) is 5.75 Å². The third kappa shape index (κ3) is 5.37. The number of hydrogen-bond donors (Lipinski definition) is 3. The highest BCUT2D eigenvalue weighted by Crippen LogP contribution is 2.22. The summed E-state index contributed by atoms with van der Waals surface area (Å²) in [6.07, 6.45) is 1.09. The van der Waals surface area contributed by atoms with Gasteiger partial charge in [0.1, 0.15) is 16.5 Å². The van der Waals surface area contributed by atoms with Gasteiger partial charge >= 0.3 is 5.97 Å². The molecular weight excluding hydrogens is 357 g/mol. The van der Waals surface area contributed by atoms with Crippen LogP contribution in [0.15, 0.2) is 36.4 Å². The lowest BCUT2D eigenvalue weighted by atomic mass is 10.1.